The van der Waals surface area contributed by atoms with Crippen molar-refractivity contribution in [1.82, 2.24) is 4.90 Å². The summed E-state index contributed by atoms with van der Waals surface area (Å²) < 4.78 is 9.56. The second-order valence-corrected chi connectivity index (χ2v) is 3.39. The number of hydrogen-bond donors (Lipinski definition) is 0. The third kappa shape index (κ3) is 3.98. The molecule has 1 saturated heterocycles. The molecule has 1 heterocycles. The molecule has 0 radical (unpaired) electrons. The molecule has 16 heavy (non-hydrogen) atoms. The van der Waals surface area contributed by atoms with Crippen LogP contribution in [0.4, 0.5) is 0 Å². The summed E-state index contributed by atoms with van der Waals surface area (Å²) in [5.41, 5.74) is 0. The third-order valence-corrected chi connectivity index (χ3v) is 2.10. The summed E-state index contributed by atoms with van der Waals surface area (Å²) in [6.07, 6.45) is -0.279. The van der Waals surface area contributed by atoms with Gasteiger partial charge in [-0.3, -0.25) is 14.4 Å². The highest BCUT2D eigenvalue weighted by molar-refractivity contribution is 5.98. The number of amides is 1. The average Bonchev–Trinajstić information content (AvgIpc) is 2.21. The van der Waals surface area contributed by atoms with Gasteiger partial charge in [0.25, 0.3) is 0 Å². The maximum atomic E-state index is 11.4. The maximum Gasteiger partial charge on any atom is 0.313 e. The van der Waals surface area contributed by atoms with Crippen LogP contribution in [-0.4, -0.2) is 55.5 Å². The first-order valence-electron chi connectivity index (χ1n) is 5.16. The van der Waals surface area contributed by atoms with E-state index in [2.05, 4.69) is 4.74 Å². The Labute approximate surface area is 93.5 Å². The van der Waals surface area contributed by atoms with E-state index < -0.39 is 5.97 Å². The van der Waals surface area contributed by atoms with Crippen LogP contribution >= 0.6 is 0 Å². The highest BCUT2D eigenvalue weighted by Gasteiger charge is 2.22. The minimum atomic E-state index is -0.548. The van der Waals surface area contributed by atoms with Crippen LogP contribution in [0.2, 0.25) is 0 Å². The predicted octanol–water partition coefficient (Wildman–Crippen LogP) is -0.632. The number of carbonyl (C=O) groups is 3. The monoisotopic (exact) mass is 229 g/mol. The highest BCUT2D eigenvalue weighted by Crippen LogP contribution is 2.00. The van der Waals surface area contributed by atoms with E-state index in [1.807, 2.05) is 0 Å². The van der Waals surface area contributed by atoms with E-state index >= 15 is 0 Å². The number of Topliss-reactive ketones (excluding diaryl/α,β-unsaturated/α-hetero) is 1. The third-order valence-electron chi connectivity index (χ3n) is 2.10. The SMILES string of the molecule is CCOC(=O)CC(=O)CN1CCOCC1=O. The van der Waals surface area contributed by atoms with Crippen molar-refractivity contribution < 1.29 is 23.9 Å². The predicted molar refractivity (Wildman–Crippen MR) is 53.7 cm³/mol. The van der Waals surface area contributed by atoms with Gasteiger partial charge in [-0.1, -0.05) is 0 Å². The molecule has 0 unspecified atom stereocenters. The second-order valence-electron chi connectivity index (χ2n) is 3.39. The quantitative estimate of drug-likeness (QED) is 0.463. The molecule has 1 rings (SSSR count). The molecule has 0 saturated carbocycles. The summed E-state index contributed by atoms with van der Waals surface area (Å²) in [6.45, 7) is 2.72. The fourth-order valence-corrected chi connectivity index (χ4v) is 1.36. The molecule has 1 aliphatic rings. The van der Waals surface area contributed by atoms with Crippen LogP contribution in [0.1, 0.15) is 13.3 Å². The Morgan fingerprint density at radius 2 is 2.25 bits per heavy atom. The average molecular weight is 229 g/mol. The van der Waals surface area contributed by atoms with Crippen molar-refractivity contribution >= 4 is 17.7 Å². The van der Waals surface area contributed by atoms with Crippen LogP contribution in [-0.2, 0) is 23.9 Å². The first-order chi connectivity index (χ1) is 7.63. The van der Waals surface area contributed by atoms with Crippen LogP contribution in [0, 0.1) is 0 Å². The van der Waals surface area contributed by atoms with E-state index in [9.17, 15) is 14.4 Å². The minimum absolute atomic E-state index is 0.00663. The smallest absolute Gasteiger partial charge is 0.313 e. The summed E-state index contributed by atoms with van der Waals surface area (Å²) in [6, 6.07) is 0. The Morgan fingerprint density at radius 3 is 2.88 bits per heavy atom. The second kappa shape index (κ2) is 6.22. The van der Waals surface area contributed by atoms with Crippen LogP contribution in [0.15, 0.2) is 0 Å². The van der Waals surface area contributed by atoms with Gasteiger partial charge in [0.2, 0.25) is 5.91 Å². The van der Waals surface area contributed by atoms with E-state index in [-0.39, 0.29) is 37.9 Å². The van der Waals surface area contributed by atoms with Crippen molar-refractivity contribution in [3.8, 4) is 0 Å². The Bertz CT molecular complexity index is 289. The molecule has 0 aromatic heterocycles. The van der Waals surface area contributed by atoms with Crippen LogP contribution in [0.25, 0.3) is 0 Å². The standard InChI is InChI=1S/C10H15NO5/c1-2-16-10(14)5-8(12)6-11-3-4-15-7-9(11)13/h2-7H2,1H3. The van der Waals surface area contributed by atoms with E-state index in [4.69, 9.17) is 4.74 Å². The fraction of sp³-hybridized carbons (Fsp3) is 0.700. The van der Waals surface area contributed by atoms with Crippen molar-refractivity contribution in [1.29, 1.82) is 0 Å². The lowest BCUT2D eigenvalue weighted by molar-refractivity contribution is -0.149. The van der Waals surface area contributed by atoms with Gasteiger partial charge in [0.05, 0.1) is 19.8 Å². The van der Waals surface area contributed by atoms with E-state index in [1.165, 1.54) is 4.90 Å². The van der Waals surface area contributed by atoms with Crippen molar-refractivity contribution in [3.05, 3.63) is 0 Å². The Balaban J connectivity index is 2.32. The van der Waals surface area contributed by atoms with Gasteiger partial charge in [-0.25, -0.2) is 0 Å². The van der Waals surface area contributed by atoms with E-state index in [0.29, 0.717) is 13.2 Å². The fourth-order valence-electron chi connectivity index (χ4n) is 1.36. The molecule has 90 valence electrons. The minimum Gasteiger partial charge on any atom is -0.466 e. The number of ether oxygens (including phenoxy) is 2. The summed E-state index contributed by atoms with van der Waals surface area (Å²) in [5.74, 6) is -1.08. The molecule has 0 aromatic carbocycles. The zero-order valence-corrected chi connectivity index (χ0v) is 9.23. The summed E-state index contributed by atoms with van der Waals surface area (Å²) in [4.78, 5) is 35.1. The zero-order valence-electron chi connectivity index (χ0n) is 9.23. The van der Waals surface area contributed by atoms with Crippen molar-refractivity contribution in [3.63, 3.8) is 0 Å². The molecule has 6 nitrogen and oxygen atoms in total. The zero-order chi connectivity index (χ0) is 12.0. The number of ketones is 1. The molecule has 0 N–H and O–H groups in total. The largest absolute Gasteiger partial charge is 0.466 e. The first kappa shape index (κ1) is 12.6. The molecule has 1 amide bonds. The topological polar surface area (TPSA) is 72.9 Å². The van der Waals surface area contributed by atoms with Gasteiger partial charge >= 0.3 is 5.97 Å². The number of carbonyl (C=O) groups excluding carboxylic acids is 3. The Kier molecular flexibility index (Phi) is 4.91. The van der Waals surface area contributed by atoms with Gasteiger partial charge in [0.1, 0.15) is 13.0 Å². The summed E-state index contributed by atoms with van der Waals surface area (Å²) in [5, 5.41) is 0. The van der Waals surface area contributed by atoms with Gasteiger partial charge in [-0.15, -0.1) is 0 Å². The van der Waals surface area contributed by atoms with Gasteiger partial charge < -0.3 is 14.4 Å². The highest BCUT2D eigenvalue weighted by atomic mass is 16.5. The molecule has 6 heteroatoms. The lowest BCUT2D eigenvalue weighted by atomic mass is 10.2. The lowest BCUT2D eigenvalue weighted by Gasteiger charge is -2.25. The van der Waals surface area contributed by atoms with Gasteiger partial charge in [0, 0.05) is 6.54 Å². The molecule has 0 spiro atoms. The lowest BCUT2D eigenvalue weighted by Crippen LogP contribution is -2.44. The number of morpholine rings is 1. The molecule has 0 aliphatic carbocycles. The van der Waals surface area contributed by atoms with Gasteiger partial charge in [0.15, 0.2) is 5.78 Å². The van der Waals surface area contributed by atoms with Gasteiger partial charge in [-0.05, 0) is 6.92 Å². The van der Waals surface area contributed by atoms with Crippen LogP contribution in [0.5, 0.6) is 0 Å². The molecule has 0 bridgehead atoms. The van der Waals surface area contributed by atoms with Gasteiger partial charge in [-0.2, -0.15) is 0 Å². The molecule has 1 fully saturated rings. The molecule has 0 aromatic rings. The normalized spacial score (nSPS) is 16.1. The maximum absolute atomic E-state index is 11.4. The van der Waals surface area contributed by atoms with E-state index in [0.717, 1.165) is 0 Å². The number of hydrogen-bond acceptors (Lipinski definition) is 5. The molecular weight excluding hydrogens is 214 g/mol. The number of nitrogens with zero attached hydrogens (tertiary/aromatic N) is 1. The molecular formula is C10H15NO5. The summed E-state index contributed by atoms with van der Waals surface area (Å²) >= 11 is 0. The number of rotatable bonds is 5. The molecule has 1 aliphatic heterocycles. The van der Waals surface area contributed by atoms with Crippen LogP contribution in [0.3, 0.4) is 0 Å². The molecule has 0 atom stereocenters. The van der Waals surface area contributed by atoms with Crippen LogP contribution < -0.4 is 0 Å². The summed E-state index contributed by atoms with van der Waals surface area (Å²) in [7, 11) is 0. The van der Waals surface area contributed by atoms with Crippen molar-refractivity contribution in [2.45, 2.75) is 13.3 Å². The Morgan fingerprint density at radius 1 is 1.50 bits per heavy atom. The van der Waals surface area contributed by atoms with Crippen molar-refractivity contribution in [2.75, 3.05) is 32.9 Å². The first-order valence-corrected chi connectivity index (χ1v) is 5.16. The van der Waals surface area contributed by atoms with E-state index in [1.54, 1.807) is 6.92 Å². The Hall–Kier alpha value is -1.43. The van der Waals surface area contributed by atoms with Crippen molar-refractivity contribution in [2.24, 2.45) is 0 Å². The number of esters is 1.